The minimum atomic E-state index is -0.480. The molecule has 35 heavy (non-hydrogen) atoms. The fourth-order valence-electron chi connectivity index (χ4n) is 3.17. The Balaban J connectivity index is 1.70. The molecule has 0 bridgehead atoms. The lowest BCUT2D eigenvalue weighted by atomic mass is 10.1. The van der Waals surface area contributed by atoms with Crippen molar-refractivity contribution in [3.8, 4) is 17.2 Å². The van der Waals surface area contributed by atoms with Crippen molar-refractivity contribution in [3.05, 3.63) is 42.2 Å². The molecule has 10 heteroatoms. The van der Waals surface area contributed by atoms with E-state index < -0.39 is 5.97 Å². The van der Waals surface area contributed by atoms with Gasteiger partial charge in [-0.25, -0.2) is 4.79 Å². The fraction of sp³-hybridized carbons (Fsp3) is 0.480. The second-order valence-corrected chi connectivity index (χ2v) is 7.75. The van der Waals surface area contributed by atoms with Gasteiger partial charge in [-0.05, 0) is 38.1 Å². The number of hydrogen-bond acceptors (Lipinski definition) is 10. The Hall–Kier alpha value is -3.21. The Kier molecular flexibility index (Phi) is 10.7. The summed E-state index contributed by atoms with van der Waals surface area (Å²) in [6.45, 7) is 6.37. The molecule has 0 amide bonds. The molecule has 0 unspecified atom stereocenters. The molecule has 0 saturated carbocycles. The molecule has 10 nitrogen and oxygen atoms in total. The number of hydrazone groups is 1. The summed E-state index contributed by atoms with van der Waals surface area (Å²) in [5, 5.41) is 4.14. The second-order valence-electron chi connectivity index (χ2n) is 7.75. The van der Waals surface area contributed by atoms with Crippen LogP contribution in [0.2, 0.25) is 0 Å². The minimum Gasteiger partial charge on any atom is -0.488 e. The number of pyridine rings is 1. The van der Waals surface area contributed by atoms with Crippen LogP contribution < -0.4 is 14.9 Å². The summed E-state index contributed by atoms with van der Waals surface area (Å²) < 4.78 is 33.1. The molecule has 0 radical (unpaired) electrons. The van der Waals surface area contributed by atoms with Crippen molar-refractivity contribution >= 4 is 17.4 Å². The van der Waals surface area contributed by atoms with Crippen molar-refractivity contribution in [2.45, 2.75) is 39.4 Å². The van der Waals surface area contributed by atoms with E-state index in [9.17, 15) is 4.79 Å². The number of nitrogens with one attached hydrogen (secondary N) is 1. The average molecular weight is 488 g/mol. The lowest BCUT2D eigenvalue weighted by Crippen LogP contribution is -2.26. The van der Waals surface area contributed by atoms with E-state index in [1.165, 1.54) is 0 Å². The summed E-state index contributed by atoms with van der Waals surface area (Å²) in [6.07, 6.45) is 3.22. The van der Waals surface area contributed by atoms with Crippen molar-refractivity contribution in [2.75, 3.05) is 45.6 Å². The van der Waals surface area contributed by atoms with Gasteiger partial charge in [0.2, 0.25) is 0 Å². The molecule has 1 aliphatic heterocycles. The number of rotatable bonds is 13. The molecule has 0 atom stereocenters. The first kappa shape index (κ1) is 26.4. The number of hydrogen-bond donors (Lipinski definition) is 1. The number of aromatic nitrogens is 1. The zero-order chi connectivity index (χ0) is 24.9. The zero-order valence-electron chi connectivity index (χ0n) is 20.5. The van der Waals surface area contributed by atoms with Crippen molar-refractivity contribution in [2.24, 2.45) is 5.10 Å². The fourth-order valence-corrected chi connectivity index (χ4v) is 3.17. The number of anilines is 1. The average Bonchev–Trinajstić information content (AvgIpc) is 2.88. The van der Waals surface area contributed by atoms with E-state index in [1.54, 1.807) is 45.4 Å². The number of carbonyl (C=O) groups is 1. The van der Waals surface area contributed by atoms with E-state index in [0.717, 1.165) is 18.5 Å². The molecule has 1 N–H and O–H groups in total. The smallest absolute Gasteiger partial charge is 0.354 e. The number of methoxy groups -OCH3 is 1. The van der Waals surface area contributed by atoms with Gasteiger partial charge in [-0.15, -0.1) is 0 Å². The van der Waals surface area contributed by atoms with Crippen molar-refractivity contribution in [1.29, 1.82) is 0 Å². The second kappa shape index (κ2) is 14.2. The van der Waals surface area contributed by atoms with Gasteiger partial charge in [-0.3, -0.25) is 10.4 Å². The summed E-state index contributed by atoms with van der Waals surface area (Å²) in [5.41, 5.74) is 4.52. The third kappa shape index (κ3) is 8.82. The molecule has 1 saturated heterocycles. The van der Waals surface area contributed by atoms with Crippen LogP contribution in [0.15, 0.2) is 41.6 Å². The van der Waals surface area contributed by atoms with Gasteiger partial charge < -0.3 is 28.4 Å². The zero-order valence-corrected chi connectivity index (χ0v) is 20.5. The highest BCUT2D eigenvalue weighted by atomic mass is 16.5. The molecule has 1 aromatic carbocycles. The summed E-state index contributed by atoms with van der Waals surface area (Å²) in [5.74, 6) is 1.24. The SMILES string of the molecule is CCOC(=O)/C(C)=N/Nc1ccc(Oc2ccc(COCCOC)nc2)cc1OC1CCOCC1. The van der Waals surface area contributed by atoms with Gasteiger partial charge in [0.05, 0.1) is 57.2 Å². The molecule has 190 valence electrons. The predicted octanol–water partition coefficient (Wildman–Crippen LogP) is 3.95. The van der Waals surface area contributed by atoms with Crippen LogP contribution in [0.25, 0.3) is 0 Å². The van der Waals surface area contributed by atoms with Crippen LogP contribution in [0.4, 0.5) is 5.69 Å². The Morgan fingerprint density at radius 3 is 2.69 bits per heavy atom. The minimum absolute atomic E-state index is 0.00809. The maximum Gasteiger partial charge on any atom is 0.354 e. The Labute approximate surface area is 205 Å². The number of benzene rings is 1. The van der Waals surface area contributed by atoms with Crippen LogP contribution in [0.1, 0.15) is 32.4 Å². The topological polar surface area (TPSA) is 110 Å². The van der Waals surface area contributed by atoms with Gasteiger partial charge in [0, 0.05) is 26.0 Å². The summed E-state index contributed by atoms with van der Waals surface area (Å²) >= 11 is 0. The monoisotopic (exact) mass is 487 g/mol. The first-order chi connectivity index (χ1) is 17.1. The standard InChI is InChI=1S/C25H33N3O7/c1-4-33-25(29)18(2)27-28-23-8-7-21(15-24(23)35-20-9-11-31-12-10-20)34-22-6-5-19(26-16-22)17-32-14-13-30-3/h5-8,15-16,20,28H,4,9-14,17H2,1-3H3/b27-18+. The van der Waals surface area contributed by atoms with Gasteiger partial charge in [0.15, 0.2) is 0 Å². The van der Waals surface area contributed by atoms with E-state index in [2.05, 4.69) is 15.5 Å². The number of ether oxygens (including phenoxy) is 6. The van der Waals surface area contributed by atoms with E-state index in [1.807, 2.05) is 12.1 Å². The van der Waals surface area contributed by atoms with Crippen LogP contribution >= 0.6 is 0 Å². The summed E-state index contributed by atoms with van der Waals surface area (Å²) in [7, 11) is 1.63. The van der Waals surface area contributed by atoms with E-state index in [-0.39, 0.29) is 18.4 Å². The molecule has 0 spiro atoms. The highest BCUT2D eigenvalue weighted by Gasteiger charge is 2.18. The lowest BCUT2D eigenvalue weighted by Gasteiger charge is -2.24. The molecule has 2 heterocycles. The normalized spacial score (nSPS) is 14.4. The van der Waals surface area contributed by atoms with Crippen molar-refractivity contribution in [3.63, 3.8) is 0 Å². The molecule has 0 aliphatic carbocycles. The maximum absolute atomic E-state index is 11.9. The Morgan fingerprint density at radius 2 is 1.97 bits per heavy atom. The van der Waals surface area contributed by atoms with Crippen molar-refractivity contribution < 1.29 is 33.2 Å². The summed E-state index contributed by atoms with van der Waals surface area (Å²) in [6, 6.07) is 9.05. The first-order valence-electron chi connectivity index (χ1n) is 11.6. The predicted molar refractivity (Wildman–Crippen MR) is 130 cm³/mol. The van der Waals surface area contributed by atoms with Crippen LogP contribution in [0.3, 0.4) is 0 Å². The molecular formula is C25H33N3O7. The summed E-state index contributed by atoms with van der Waals surface area (Å²) in [4.78, 5) is 16.2. The molecular weight excluding hydrogens is 454 g/mol. The van der Waals surface area contributed by atoms with Gasteiger partial charge in [-0.2, -0.15) is 5.10 Å². The first-order valence-corrected chi connectivity index (χ1v) is 11.6. The Morgan fingerprint density at radius 1 is 1.17 bits per heavy atom. The Bertz CT molecular complexity index is 960. The maximum atomic E-state index is 11.9. The molecule has 3 rings (SSSR count). The molecule has 1 aromatic heterocycles. The van der Waals surface area contributed by atoms with Gasteiger partial charge in [0.1, 0.15) is 29.1 Å². The van der Waals surface area contributed by atoms with E-state index in [4.69, 9.17) is 28.4 Å². The molecule has 1 fully saturated rings. The molecule has 2 aromatic rings. The number of esters is 1. The quantitative estimate of drug-likeness (QED) is 0.194. The van der Waals surface area contributed by atoms with Crippen molar-refractivity contribution in [1.82, 2.24) is 4.98 Å². The van der Waals surface area contributed by atoms with Gasteiger partial charge >= 0.3 is 5.97 Å². The largest absolute Gasteiger partial charge is 0.488 e. The highest BCUT2D eigenvalue weighted by Crippen LogP contribution is 2.33. The van der Waals surface area contributed by atoms with Crippen LogP contribution in [-0.4, -0.2) is 62.9 Å². The highest BCUT2D eigenvalue weighted by molar-refractivity contribution is 6.35. The van der Waals surface area contributed by atoms with E-state index in [0.29, 0.717) is 56.0 Å². The lowest BCUT2D eigenvalue weighted by molar-refractivity contribution is -0.135. The third-order valence-corrected chi connectivity index (χ3v) is 5.04. The van der Waals surface area contributed by atoms with Gasteiger partial charge in [-0.1, -0.05) is 0 Å². The number of nitrogens with zero attached hydrogens (tertiary/aromatic N) is 2. The van der Waals surface area contributed by atoms with Crippen LogP contribution in [0.5, 0.6) is 17.2 Å². The van der Waals surface area contributed by atoms with E-state index >= 15 is 0 Å². The number of carbonyl (C=O) groups excluding carboxylic acids is 1. The van der Waals surface area contributed by atoms with Gasteiger partial charge in [0.25, 0.3) is 0 Å². The third-order valence-electron chi connectivity index (χ3n) is 5.04. The molecule has 1 aliphatic rings. The van der Waals surface area contributed by atoms with Crippen LogP contribution in [-0.2, 0) is 30.3 Å². The van der Waals surface area contributed by atoms with Crippen LogP contribution in [0, 0.1) is 0 Å².